The Morgan fingerprint density at radius 1 is 0.938 bits per heavy atom. The average molecular weight is 456 g/mol. The maximum absolute atomic E-state index is 13.0. The van der Waals surface area contributed by atoms with Crippen molar-refractivity contribution in [3.63, 3.8) is 0 Å². The number of hydrogen-bond donors (Lipinski definition) is 2. The first-order chi connectivity index (χ1) is 15.3. The number of rotatable bonds is 6. The molecule has 1 heterocycles. The number of benzene rings is 3. The number of carbonyl (C=O) groups excluding carboxylic acids is 1. The first kappa shape index (κ1) is 21.6. The topological polar surface area (TPSA) is 93.7 Å². The third-order valence-corrected chi connectivity index (χ3v) is 6.33. The molecule has 1 aliphatic heterocycles. The summed E-state index contributed by atoms with van der Waals surface area (Å²) in [6.45, 7) is 2.84. The van der Waals surface area contributed by atoms with Gasteiger partial charge in [0.05, 0.1) is 10.9 Å². The van der Waals surface area contributed by atoms with Crippen LogP contribution in [0.4, 0.5) is 10.1 Å². The van der Waals surface area contributed by atoms with Crippen LogP contribution in [0.3, 0.4) is 0 Å². The molecule has 166 valence electrons. The Morgan fingerprint density at radius 2 is 1.59 bits per heavy atom. The monoisotopic (exact) mass is 456 g/mol. The van der Waals surface area contributed by atoms with E-state index in [2.05, 4.69) is 10.0 Å². The van der Waals surface area contributed by atoms with Gasteiger partial charge in [0.15, 0.2) is 11.5 Å². The van der Waals surface area contributed by atoms with E-state index in [1.807, 2.05) is 25.1 Å². The summed E-state index contributed by atoms with van der Waals surface area (Å²) in [6, 6.07) is 15.8. The third kappa shape index (κ3) is 4.83. The van der Waals surface area contributed by atoms with E-state index in [4.69, 9.17) is 9.47 Å². The van der Waals surface area contributed by atoms with E-state index in [0.717, 1.165) is 17.7 Å². The van der Waals surface area contributed by atoms with E-state index in [1.165, 1.54) is 36.4 Å². The molecule has 0 radical (unpaired) electrons. The van der Waals surface area contributed by atoms with Crippen LogP contribution in [0.15, 0.2) is 71.6 Å². The van der Waals surface area contributed by atoms with Gasteiger partial charge in [-0.3, -0.25) is 9.52 Å². The second kappa shape index (κ2) is 8.88. The molecule has 1 amide bonds. The molecule has 0 aliphatic carbocycles. The lowest BCUT2D eigenvalue weighted by atomic mass is 10.1. The molecular weight excluding hydrogens is 435 g/mol. The van der Waals surface area contributed by atoms with Gasteiger partial charge in [-0.15, -0.1) is 0 Å². The number of nitrogens with one attached hydrogen (secondary N) is 2. The van der Waals surface area contributed by atoms with E-state index < -0.39 is 15.8 Å². The summed E-state index contributed by atoms with van der Waals surface area (Å²) in [7, 11) is -3.87. The van der Waals surface area contributed by atoms with Gasteiger partial charge >= 0.3 is 0 Å². The van der Waals surface area contributed by atoms with Crippen molar-refractivity contribution in [1.29, 1.82) is 0 Å². The first-order valence-corrected chi connectivity index (χ1v) is 11.4. The summed E-state index contributed by atoms with van der Waals surface area (Å²) < 4.78 is 51.3. The number of amides is 1. The molecule has 0 spiro atoms. The number of anilines is 1. The second-order valence-corrected chi connectivity index (χ2v) is 8.92. The molecule has 1 atom stereocenters. The predicted molar refractivity (Wildman–Crippen MR) is 117 cm³/mol. The zero-order valence-corrected chi connectivity index (χ0v) is 18.0. The molecule has 3 aromatic rings. The highest BCUT2D eigenvalue weighted by atomic mass is 32.2. The van der Waals surface area contributed by atoms with Crippen LogP contribution in [-0.2, 0) is 10.0 Å². The number of ether oxygens (including phenoxy) is 2. The fraction of sp³-hybridized carbons (Fsp3) is 0.174. The fourth-order valence-electron chi connectivity index (χ4n) is 3.21. The Bertz CT molecular complexity index is 1230. The number of fused-ring (bicyclic) bond motifs is 1. The largest absolute Gasteiger partial charge is 0.486 e. The van der Waals surface area contributed by atoms with Crippen molar-refractivity contribution in [3.05, 3.63) is 83.7 Å². The lowest BCUT2D eigenvalue weighted by Crippen LogP contribution is -2.26. The molecule has 3 aromatic carbocycles. The summed E-state index contributed by atoms with van der Waals surface area (Å²) in [5.41, 5.74) is 1.52. The Hall–Kier alpha value is -3.59. The predicted octanol–water partition coefficient (Wildman–Crippen LogP) is 3.89. The summed E-state index contributed by atoms with van der Waals surface area (Å²) in [5, 5.41) is 2.91. The summed E-state index contributed by atoms with van der Waals surface area (Å²) in [6.07, 6.45) is 0. The van der Waals surface area contributed by atoms with Crippen LogP contribution < -0.4 is 19.5 Å². The normalized spacial score (nSPS) is 13.8. The standard InChI is InChI=1S/C23H21FN2O5S/c1-15(17-4-11-21-22(14-17)31-13-12-30-21)25-23(27)16-2-7-19(8-3-16)26-32(28,29)20-9-5-18(24)6-10-20/h2-11,14-15,26H,12-13H2,1H3,(H,25,27). The van der Waals surface area contributed by atoms with Gasteiger partial charge in [0.2, 0.25) is 0 Å². The van der Waals surface area contributed by atoms with Gasteiger partial charge in [-0.25, -0.2) is 12.8 Å². The van der Waals surface area contributed by atoms with Crippen molar-refractivity contribution in [2.75, 3.05) is 17.9 Å². The van der Waals surface area contributed by atoms with Crippen molar-refractivity contribution in [2.45, 2.75) is 17.9 Å². The molecule has 9 heteroatoms. The zero-order valence-electron chi connectivity index (χ0n) is 17.2. The smallest absolute Gasteiger partial charge is 0.261 e. The average Bonchev–Trinajstić information content (AvgIpc) is 2.79. The Morgan fingerprint density at radius 3 is 2.28 bits per heavy atom. The van der Waals surface area contributed by atoms with Gasteiger partial charge in [-0.2, -0.15) is 0 Å². The highest BCUT2D eigenvalue weighted by Gasteiger charge is 2.17. The quantitative estimate of drug-likeness (QED) is 0.587. The fourth-order valence-corrected chi connectivity index (χ4v) is 4.27. The van der Waals surface area contributed by atoms with Gasteiger partial charge in [-0.1, -0.05) is 6.07 Å². The van der Waals surface area contributed by atoms with E-state index in [9.17, 15) is 17.6 Å². The summed E-state index contributed by atoms with van der Waals surface area (Å²) in [4.78, 5) is 12.6. The van der Waals surface area contributed by atoms with Crippen LogP contribution in [-0.4, -0.2) is 27.5 Å². The van der Waals surface area contributed by atoms with Crippen molar-refractivity contribution in [1.82, 2.24) is 5.32 Å². The summed E-state index contributed by atoms with van der Waals surface area (Å²) >= 11 is 0. The van der Waals surface area contributed by atoms with Gasteiger partial charge in [0, 0.05) is 11.3 Å². The summed E-state index contributed by atoms with van der Waals surface area (Å²) in [5.74, 6) is 0.495. The van der Waals surface area contributed by atoms with Crippen LogP contribution in [0.25, 0.3) is 0 Å². The van der Waals surface area contributed by atoms with E-state index >= 15 is 0 Å². The van der Waals surface area contributed by atoms with Crippen LogP contribution in [0.5, 0.6) is 11.5 Å². The molecule has 0 aromatic heterocycles. The molecule has 0 bridgehead atoms. The highest BCUT2D eigenvalue weighted by molar-refractivity contribution is 7.92. The van der Waals surface area contributed by atoms with Crippen molar-refractivity contribution < 1.29 is 27.1 Å². The van der Waals surface area contributed by atoms with Crippen LogP contribution in [0.1, 0.15) is 28.9 Å². The van der Waals surface area contributed by atoms with Crippen molar-refractivity contribution in [3.8, 4) is 11.5 Å². The van der Waals surface area contributed by atoms with Crippen LogP contribution >= 0.6 is 0 Å². The number of halogens is 1. The lowest BCUT2D eigenvalue weighted by molar-refractivity contribution is 0.0939. The van der Waals surface area contributed by atoms with Crippen molar-refractivity contribution >= 4 is 21.6 Å². The SMILES string of the molecule is CC(NC(=O)c1ccc(NS(=O)(=O)c2ccc(F)cc2)cc1)c1ccc2c(c1)OCCO2. The maximum Gasteiger partial charge on any atom is 0.261 e. The molecule has 7 nitrogen and oxygen atoms in total. The molecule has 1 aliphatic rings. The number of sulfonamides is 1. The number of hydrogen-bond acceptors (Lipinski definition) is 5. The minimum atomic E-state index is -3.87. The minimum Gasteiger partial charge on any atom is -0.486 e. The molecule has 0 fully saturated rings. The van der Waals surface area contributed by atoms with Gasteiger partial charge in [-0.05, 0) is 73.2 Å². The molecule has 0 saturated heterocycles. The van der Waals surface area contributed by atoms with Gasteiger partial charge < -0.3 is 14.8 Å². The van der Waals surface area contributed by atoms with Crippen LogP contribution in [0, 0.1) is 5.82 Å². The Kier molecular flexibility index (Phi) is 6.00. The molecule has 1 unspecified atom stereocenters. The van der Waals surface area contributed by atoms with Gasteiger partial charge in [0.25, 0.3) is 15.9 Å². The first-order valence-electron chi connectivity index (χ1n) is 9.91. The van der Waals surface area contributed by atoms with Crippen molar-refractivity contribution in [2.24, 2.45) is 0 Å². The van der Waals surface area contributed by atoms with E-state index in [1.54, 1.807) is 0 Å². The molecule has 0 saturated carbocycles. The maximum atomic E-state index is 13.0. The molecule has 4 rings (SSSR count). The Labute approximate surface area is 185 Å². The second-order valence-electron chi connectivity index (χ2n) is 7.24. The zero-order chi connectivity index (χ0) is 22.7. The minimum absolute atomic E-state index is 0.0611. The molecule has 32 heavy (non-hydrogen) atoms. The Balaban J connectivity index is 1.41. The molecule has 2 N–H and O–H groups in total. The molecular formula is C23H21FN2O5S. The van der Waals surface area contributed by atoms with E-state index in [0.29, 0.717) is 30.3 Å². The highest BCUT2D eigenvalue weighted by Crippen LogP contribution is 2.32. The van der Waals surface area contributed by atoms with Gasteiger partial charge in [0.1, 0.15) is 19.0 Å². The van der Waals surface area contributed by atoms with E-state index in [-0.39, 0.29) is 22.5 Å². The van der Waals surface area contributed by atoms with Crippen LogP contribution in [0.2, 0.25) is 0 Å². The lowest BCUT2D eigenvalue weighted by Gasteiger charge is -2.21. The third-order valence-electron chi connectivity index (χ3n) is 4.94. The number of carbonyl (C=O) groups is 1.